The number of anilines is 2. The molecule has 2 N–H and O–H groups in total. The minimum Gasteiger partial charge on any atom is -0.320 e. The number of hydrogen-bond donors (Lipinski definition) is 2. The zero-order chi connectivity index (χ0) is 22.0. The van der Waals surface area contributed by atoms with Gasteiger partial charge in [-0.15, -0.1) is 10.2 Å². The highest BCUT2D eigenvalue weighted by atomic mass is 35.5. The van der Waals surface area contributed by atoms with E-state index in [4.69, 9.17) is 23.2 Å². The average Bonchev–Trinajstić information content (AvgIpc) is 3.40. The number of nitrogens with one attached hydrogen (secondary N) is 2. The molecule has 3 aromatic rings. The predicted octanol–water partition coefficient (Wildman–Crippen LogP) is 5.61. The van der Waals surface area contributed by atoms with Crippen molar-refractivity contribution < 1.29 is 14.0 Å². The first kappa shape index (κ1) is 21.5. The molecule has 31 heavy (non-hydrogen) atoms. The summed E-state index contributed by atoms with van der Waals surface area (Å²) >= 11 is 12.9. The quantitative estimate of drug-likeness (QED) is 0.509. The molecule has 0 spiro atoms. The molecule has 1 aromatic heterocycles. The molecule has 0 unspecified atom stereocenters. The molecule has 1 fully saturated rings. The number of halogens is 3. The van der Waals surface area contributed by atoms with Crippen molar-refractivity contribution in [2.24, 2.45) is 0 Å². The summed E-state index contributed by atoms with van der Waals surface area (Å²) in [5.41, 5.74) is 0.940. The van der Waals surface area contributed by atoms with E-state index in [0.29, 0.717) is 34.4 Å². The highest BCUT2D eigenvalue weighted by molar-refractivity contribution is 7.13. The Bertz CT molecular complexity index is 1140. The molecule has 1 atom stereocenters. The van der Waals surface area contributed by atoms with Gasteiger partial charge in [0.15, 0.2) is 0 Å². The van der Waals surface area contributed by atoms with Crippen LogP contribution in [0.5, 0.6) is 0 Å². The lowest BCUT2D eigenvalue weighted by Crippen LogP contribution is -2.34. The van der Waals surface area contributed by atoms with Gasteiger partial charge >= 0.3 is 6.03 Å². The zero-order valence-electron chi connectivity index (χ0n) is 15.9. The molecule has 1 aliphatic rings. The van der Waals surface area contributed by atoms with Crippen LogP contribution in [0, 0.1) is 5.82 Å². The number of carbonyl (C=O) groups excluding carboxylic acids is 2. The van der Waals surface area contributed by atoms with Crippen molar-refractivity contribution in [3.63, 3.8) is 0 Å². The van der Waals surface area contributed by atoms with Gasteiger partial charge in [0, 0.05) is 22.9 Å². The van der Waals surface area contributed by atoms with Gasteiger partial charge in [-0.25, -0.2) is 9.18 Å². The third-order valence-corrected chi connectivity index (χ3v) is 6.23. The van der Waals surface area contributed by atoms with E-state index in [1.807, 2.05) is 0 Å². The molecule has 0 aliphatic carbocycles. The number of aromatic nitrogens is 2. The third-order valence-electron chi connectivity index (χ3n) is 4.69. The van der Waals surface area contributed by atoms with Gasteiger partial charge in [-0.3, -0.25) is 4.79 Å². The summed E-state index contributed by atoms with van der Waals surface area (Å²) in [7, 11) is 0. The molecule has 1 aliphatic heterocycles. The van der Waals surface area contributed by atoms with Crippen LogP contribution in [0.15, 0.2) is 42.5 Å². The number of nitrogens with zero attached hydrogens (tertiary/aromatic N) is 3. The molecule has 160 valence electrons. The Labute approximate surface area is 191 Å². The molecular weight excluding hydrogens is 464 g/mol. The monoisotopic (exact) mass is 479 g/mol. The van der Waals surface area contributed by atoms with Gasteiger partial charge in [0.05, 0.1) is 11.1 Å². The molecule has 7 nitrogen and oxygen atoms in total. The molecular formula is C20H16Cl2FN5O2S. The Morgan fingerprint density at radius 3 is 2.68 bits per heavy atom. The van der Waals surface area contributed by atoms with Crippen LogP contribution in [-0.4, -0.2) is 33.6 Å². The number of benzene rings is 2. The molecule has 2 heterocycles. The Balaban J connectivity index is 1.45. The summed E-state index contributed by atoms with van der Waals surface area (Å²) in [5.74, 6) is -0.961. The van der Waals surface area contributed by atoms with Crippen LogP contribution in [0.1, 0.15) is 33.7 Å². The summed E-state index contributed by atoms with van der Waals surface area (Å²) in [5, 5.41) is 14.8. The predicted molar refractivity (Wildman–Crippen MR) is 118 cm³/mol. The summed E-state index contributed by atoms with van der Waals surface area (Å²) < 4.78 is 13.3. The van der Waals surface area contributed by atoms with Gasteiger partial charge in [-0.2, -0.15) is 0 Å². The Hall–Kier alpha value is -2.75. The highest BCUT2D eigenvalue weighted by Gasteiger charge is 2.33. The van der Waals surface area contributed by atoms with Crippen LogP contribution in [0.2, 0.25) is 10.0 Å². The topological polar surface area (TPSA) is 87.2 Å². The van der Waals surface area contributed by atoms with Crippen LogP contribution in [0.25, 0.3) is 0 Å². The largest absolute Gasteiger partial charge is 0.322 e. The van der Waals surface area contributed by atoms with Gasteiger partial charge in [-0.1, -0.05) is 40.6 Å². The summed E-state index contributed by atoms with van der Waals surface area (Å²) in [6.07, 6.45) is 1.48. The second-order valence-electron chi connectivity index (χ2n) is 6.82. The summed E-state index contributed by atoms with van der Waals surface area (Å²) in [4.78, 5) is 26.9. The maximum atomic E-state index is 13.3. The fourth-order valence-electron chi connectivity index (χ4n) is 3.25. The normalized spacial score (nSPS) is 15.7. The van der Waals surface area contributed by atoms with Crippen molar-refractivity contribution in [2.45, 2.75) is 18.9 Å². The highest BCUT2D eigenvalue weighted by Crippen LogP contribution is 2.34. The zero-order valence-corrected chi connectivity index (χ0v) is 18.3. The fraction of sp³-hybridized carbons (Fsp3) is 0.200. The van der Waals surface area contributed by atoms with Crippen molar-refractivity contribution in [3.8, 4) is 0 Å². The fourth-order valence-corrected chi connectivity index (χ4v) is 4.50. The SMILES string of the molecule is O=C(Nc1cccc(Cl)c1)c1nnc([C@@H]2CCCN2C(=O)Nc2ccc(F)c(Cl)c2)s1. The molecule has 0 bridgehead atoms. The molecule has 11 heteroatoms. The number of rotatable bonds is 4. The van der Waals surface area contributed by atoms with E-state index in [1.165, 1.54) is 18.2 Å². The summed E-state index contributed by atoms with van der Waals surface area (Å²) in [6.45, 7) is 0.523. The second kappa shape index (κ2) is 9.17. The van der Waals surface area contributed by atoms with Crippen LogP contribution < -0.4 is 10.6 Å². The minimum absolute atomic E-state index is 0.0738. The van der Waals surface area contributed by atoms with Crippen molar-refractivity contribution in [1.82, 2.24) is 15.1 Å². The Kier molecular flexibility index (Phi) is 6.35. The van der Waals surface area contributed by atoms with Crippen LogP contribution >= 0.6 is 34.5 Å². The van der Waals surface area contributed by atoms with Crippen LogP contribution in [0.3, 0.4) is 0 Å². The lowest BCUT2D eigenvalue weighted by atomic mass is 10.2. The smallest absolute Gasteiger partial charge is 0.320 e. The molecule has 1 saturated heterocycles. The first-order valence-corrected chi connectivity index (χ1v) is 10.9. The lowest BCUT2D eigenvalue weighted by molar-refractivity contribution is 0.102. The standard InChI is InChI=1S/C20H16Cl2FN5O2S/c21-11-3-1-4-12(9-11)24-17(29)19-27-26-18(31-19)16-5-2-8-28(16)20(30)25-13-6-7-15(23)14(22)10-13/h1,3-4,6-7,9-10,16H,2,5,8H2,(H,24,29)(H,25,30)/t16-/m0/s1. The number of amides is 3. The second-order valence-corrected chi connectivity index (χ2v) is 8.67. The van der Waals surface area contributed by atoms with E-state index in [2.05, 4.69) is 20.8 Å². The van der Waals surface area contributed by atoms with E-state index in [1.54, 1.807) is 29.2 Å². The third kappa shape index (κ3) is 4.95. The van der Waals surface area contributed by atoms with Gasteiger partial charge in [0.1, 0.15) is 10.8 Å². The molecule has 0 radical (unpaired) electrons. The van der Waals surface area contributed by atoms with Crippen molar-refractivity contribution in [2.75, 3.05) is 17.2 Å². The number of hydrogen-bond acceptors (Lipinski definition) is 5. The molecule has 4 rings (SSSR count). The van der Waals surface area contributed by atoms with Gasteiger partial charge in [0.25, 0.3) is 5.91 Å². The Morgan fingerprint density at radius 2 is 1.90 bits per heavy atom. The van der Waals surface area contributed by atoms with E-state index in [9.17, 15) is 14.0 Å². The maximum Gasteiger partial charge on any atom is 0.322 e. The molecule has 0 saturated carbocycles. The van der Waals surface area contributed by atoms with Crippen molar-refractivity contribution in [3.05, 3.63) is 68.3 Å². The Morgan fingerprint density at radius 1 is 1.10 bits per heavy atom. The van der Waals surface area contributed by atoms with Crippen molar-refractivity contribution >= 4 is 57.9 Å². The molecule has 2 aromatic carbocycles. The van der Waals surface area contributed by atoms with E-state index in [0.717, 1.165) is 17.8 Å². The van der Waals surface area contributed by atoms with Crippen LogP contribution in [0.4, 0.5) is 20.6 Å². The van der Waals surface area contributed by atoms with Gasteiger partial charge in [0.2, 0.25) is 5.01 Å². The minimum atomic E-state index is -0.559. The number of carbonyl (C=O) groups is 2. The number of urea groups is 1. The van der Waals surface area contributed by atoms with Gasteiger partial charge in [-0.05, 0) is 49.2 Å². The van der Waals surface area contributed by atoms with Gasteiger partial charge < -0.3 is 15.5 Å². The van der Waals surface area contributed by atoms with E-state index < -0.39 is 11.7 Å². The maximum absolute atomic E-state index is 13.3. The van der Waals surface area contributed by atoms with Crippen LogP contribution in [-0.2, 0) is 0 Å². The van der Waals surface area contributed by atoms with E-state index >= 15 is 0 Å². The van der Waals surface area contributed by atoms with E-state index in [-0.39, 0.29) is 22.1 Å². The average molecular weight is 480 g/mol. The van der Waals surface area contributed by atoms with Crippen molar-refractivity contribution in [1.29, 1.82) is 0 Å². The molecule has 3 amide bonds. The first-order valence-electron chi connectivity index (χ1n) is 9.34. The first-order chi connectivity index (χ1) is 14.9. The number of likely N-dealkylation sites (tertiary alicyclic amines) is 1. The lowest BCUT2D eigenvalue weighted by Gasteiger charge is -2.23. The summed E-state index contributed by atoms with van der Waals surface area (Å²) in [6, 6.07) is 10.1.